The van der Waals surface area contributed by atoms with E-state index in [1.54, 1.807) is 48.2 Å². The number of hydrogen-bond acceptors (Lipinski definition) is 5. The van der Waals surface area contributed by atoms with Crippen molar-refractivity contribution in [2.45, 2.75) is 11.4 Å². The molecule has 27 heavy (non-hydrogen) atoms. The molecular weight excluding hydrogens is 468 g/mol. The summed E-state index contributed by atoms with van der Waals surface area (Å²) in [5.74, 6) is 0.530. The molecular formula is C18H17BrN2O3S3. The molecule has 5 nitrogen and oxygen atoms in total. The van der Waals surface area contributed by atoms with Gasteiger partial charge < -0.3 is 4.57 Å². The Morgan fingerprint density at radius 3 is 2.70 bits per heavy atom. The van der Waals surface area contributed by atoms with Crippen molar-refractivity contribution in [2.75, 3.05) is 18.3 Å². The van der Waals surface area contributed by atoms with Crippen LogP contribution in [0.1, 0.15) is 10.4 Å². The number of aromatic nitrogens is 1. The molecule has 0 atom stereocenters. The largest absolute Gasteiger partial charge is 0.316 e. The molecule has 1 heterocycles. The Balaban J connectivity index is 2.16. The molecule has 1 amide bonds. The molecule has 0 aliphatic carbocycles. The van der Waals surface area contributed by atoms with Crippen LogP contribution in [0.4, 0.5) is 0 Å². The van der Waals surface area contributed by atoms with Crippen LogP contribution in [0, 0.1) is 0 Å². The van der Waals surface area contributed by atoms with E-state index in [1.807, 2.05) is 16.9 Å². The lowest BCUT2D eigenvalue weighted by Gasteiger charge is -2.04. The van der Waals surface area contributed by atoms with Crippen LogP contribution >= 0.6 is 39.0 Å². The Hall–Kier alpha value is -1.42. The first-order valence-corrected chi connectivity index (χ1v) is 12.9. The van der Waals surface area contributed by atoms with Crippen LogP contribution in [0.3, 0.4) is 0 Å². The van der Waals surface area contributed by atoms with Crippen molar-refractivity contribution < 1.29 is 13.2 Å². The van der Waals surface area contributed by atoms with Crippen LogP contribution in [0.15, 0.2) is 56.8 Å². The quantitative estimate of drug-likeness (QED) is 0.549. The number of thiazole rings is 1. The van der Waals surface area contributed by atoms with E-state index in [0.29, 0.717) is 16.9 Å². The average Bonchev–Trinajstić information content (AvgIpc) is 2.95. The predicted molar refractivity (Wildman–Crippen MR) is 115 cm³/mol. The van der Waals surface area contributed by atoms with E-state index in [9.17, 15) is 13.2 Å². The zero-order chi connectivity index (χ0) is 19.6. The van der Waals surface area contributed by atoms with Crippen molar-refractivity contribution in [1.82, 2.24) is 4.57 Å². The Morgan fingerprint density at radius 1 is 1.26 bits per heavy atom. The lowest BCUT2D eigenvalue weighted by Crippen LogP contribution is -2.18. The third-order valence-corrected chi connectivity index (χ3v) is 7.11. The Kier molecular flexibility index (Phi) is 6.25. The minimum atomic E-state index is -3.30. The van der Waals surface area contributed by atoms with Crippen molar-refractivity contribution in [1.29, 1.82) is 0 Å². The van der Waals surface area contributed by atoms with Crippen LogP contribution in [0.2, 0.25) is 0 Å². The van der Waals surface area contributed by atoms with Crippen LogP contribution < -0.4 is 4.80 Å². The molecule has 0 N–H and O–H groups in total. The number of carbonyl (C=O) groups excluding carboxylic acids is 1. The van der Waals surface area contributed by atoms with Crippen LogP contribution in [-0.2, 0) is 16.4 Å². The third-order valence-electron chi connectivity index (χ3n) is 3.87. The molecule has 9 heteroatoms. The summed E-state index contributed by atoms with van der Waals surface area (Å²) in [6, 6.07) is 12.1. The summed E-state index contributed by atoms with van der Waals surface area (Å²) in [5, 5.41) is 0. The van der Waals surface area contributed by atoms with E-state index >= 15 is 0 Å². The molecule has 0 spiro atoms. The number of nitrogens with zero attached hydrogens (tertiary/aromatic N) is 2. The molecule has 0 saturated heterocycles. The number of aryl methyl sites for hydroxylation is 1. The highest BCUT2D eigenvalue weighted by Gasteiger charge is 2.13. The van der Waals surface area contributed by atoms with Gasteiger partial charge in [-0.2, -0.15) is 16.8 Å². The van der Waals surface area contributed by atoms with Gasteiger partial charge in [-0.1, -0.05) is 33.3 Å². The lowest BCUT2D eigenvalue weighted by atomic mass is 10.2. The second-order valence-corrected chi connectivity index (χ2v) is 10.8. The van der Waals surface area contributed by atoms with E-state index in [1.165, 1.54) is 17.6 Å². The molecule has 0 bridgehead atoms. The van der Waals surface area contributed by atoms with E-state index < -0.39 is 9.84 Å². The van der Waals surface area contributed by atoms with E-state index in [-0.39, 0.29) is 10.8 Å². The van der Waals surface area contributed by atoms with Crippen LogP contribution in [-0.4, -0.2) is 37.2 Å². The fourth-order valence-corrected chi connectivity index (χ4v) is 5.12. The Bertz CT molecular complexity index is 1180. The number of carbonyl (C=O) groups is 1. The molecule has 3 aromatic rings. The van der Waals surface area contributed by atoms with Gasteiger partial charge in [0.2, 0.25) is 0 Å². The van der Waals surface area contributed by atoms with Gasteiger partial charge in [-0.05, 0) is 42.7 Å². The van der Waals surface area contributed by atoms with Crippen molar-refractivity contribution in [3.8, 4) is 0 Å². The number of fused-ring (bicyclic) bond motifs is 1. The van der Waals surface area contributed by atoms with Gasteiger partial charge in [0.1, 0.15) is 0 Å². The van der Waals surface area contributed by atoms with Gasteiger partial charge in [0, 0.05) is 28.6 Å². The Labute approximate surface area is 174 Å². The number of sulfone groups is 1. The molecule has 0 radical (unpaired) electrons. The maximum Gasteiger partial charge on any atom is 0.279 e. The van der Waals surface area contributed by atoms with Gasteiger partial charge in [0.25, 0.3) is 5.91 Å². The molecule has 1 aromatic heterocycles. The number of halogens is 1. The highest BCUT2D eigenvalue weighted by molar-refractivity contribution is 9.10. The first kappa shape index (κ1) is 20.3. The normalized spacial score (nSPS) is 12.6. The molecule has 3 rings (SSSR count). The second-order valence-electron chi connectivity index (χ2n) is 5.86. The highest BCUT2D eigenvalue weighted by Crippen LogP contribution is 2.22. The van der Waals surface area contributed by atoms with Gasteiger partial charge in [-0.25, -0.2) is 8.42 Å². The molecule has 142 valence electrons. The van der Waals surface area contributed by atoms with Gasteiger partial charge in [0.15, 0.2) is 14.6 Å². The van der Waals surface area contributed by atoms with E-state index in [2.05, 4.69) is 20.9 Å². The van der Waals surface area contributed by atoms with E-state index in [0.717, 1.165) is 20.4 Å². The molecule has 2 aromatic carbocycles. The summed E-state index contributed by atoms with van der Waals surface area (Å²) < 4.78 is 27.3. The smallest absolute Gasteiger partial charge is 0.279 e. The third kappa shape index (κ3) is 4.71. The minimum absolute atomic E-state index is 0.262. The van der Waals surface area contributed by atoms with Gasteiger partial charge in [-0.15, -0.1) is 0 Å². The van der Waals surface area contributed by atoms with Crippen molar-refractivity contribution >= 4 is 65.0 Å². The zero-order valence-electron chi connectivity index (χ0n) is 14.7. The number of benzene rings is 2. The number of thioether (sulfide) groups is 1. The Morgan fingerprint density at radius 2 is 2.04 bits per heavy atom. The zero-order valence-corrected chi connectivity index (χ0v) is 18.7. The summed E-state index contributed by atoms with van der Waals surface area (Å²) >= 11 is 6.38. The van der Waals surface area contributed by atoms with Crippen LogP contribution in [0.5, 0.6) is 0 Å². The first-order chi connectivity index (χ1) is 12.8. The van der Waals surface area contributed by atoms with E-state index in [4.69, 9.17) is 0 Å². The highest BCUT2D eigenvalue weighted by atomic mass is 79.9. The first-order valence-electron chi connectivity index (χ1n) is 7.96. The topological polar surface area (TPSA) is 68.5 Å². The second kappa shape index (κ2) is 8.30. The summed E-state index contributed by atoms with van der Waals surface area (Å²) in [4.78, 5) is 17.7. The monoisotopic (exact) mass is 484 g/mol. The maximum absolute atomic E-state index is 12.6. The van der Waals surface area contributed by atoms with Gasteiger partial charge in [-0.3, -0.25) is 4.79 Å². The number of hydrogen-bond donors (Lipinski definition) is 0. The molecule has 0 aliphatic heterocycles. The average molecular weight is 485 g/mol. The van der Waals surface area contributed by atoms with Gasteiger partial charge in [0.05, 0.1) is 15.1 Å². The maximum atomic E-state index is 12.6. The van der Waals surface area contributed by atoms with Crippen molar-refractivity contribution in [2.24, 2.45) is 4.99 Å². The molecule has 0 unspecified atom stereocenters. The minimum Gasteiger partial charge on any atom is -0.316 e. The summed E-state index contributed by atoms with van der Waals surface area (Å²) in [5.41, 5.74) is 1.37. The standard InChI is InChI=1S/C18H17BrN2O3S3/c1-25-9-8-21-15-7-6-14(27(2,23)24)11-16(15)26-18(21)20-17(22)12-4-3-5-13(19)10-12/h3-7,10-11H,8-9H2,1-2H3. The van der Waals surface area contributed by atoms with Gasteiger partial charge >= 0.3 is 0 Å². The molecule has 0 fully saturated rings. The fourth-order valence-electron chi connectivity index (χ4n) is 2.54. The van der Waals surface area contributed by atoms with Crippen molar-refractivity contribution in [3.05, 3.63) is 57.3 Å². The van der Waals surface area contributed by atoms with Crippen molar-refractivity contribution in [3.63, 3.8) is 0 Å². The number of rotatable bonds is 5. The lowest BCUT2D eigenvalue weighted by molar-refractivity contribution is 0.0998. The SMILES string of the molecule is CSCCn1c(=NC(=O)c2cccc(Br)c2)sc2cc(S(C)(=O)=O)ccc21. The summed E-state index contributed by atoms with van der Waals surface area (Å²) in [6.45, 7) is 0.685. The summed E-state index contributed by atoms with van der Waals surface area (Å²) in [6.07, 6.45) is 3.20. The number of amides is 1. The molecule has 0 saturated carbocycles. The van der Waals surface area contributed by atoms with Crippen LogP contribution in [0.25, 0.3) is 10.2 Å². The molecule has 0 aliphatic rings. The predicted octanol–water partition coefficient (Wildman–Crippen LogP) is 3.97. The summed E-state index contributed by atoms with van der Waals surface area (Å²) in [7, 11) is -3.30. The fraction of sp³-hybridized carbons (Fsp3) is 0.222.